The van der Waals surface area contributed by atoms with Gasteiger partial charge < -0.3 is 29.6 Å². The SMILES string of the molecule is O=C(Nc1ccccc1)OCCCOC(=O)NC1CCC(CC2CCC(NC(=O)OCCCOC(=O)Nc3ccccc3)CC2)CC1. The molecule has 2 aromatic rings. The van der Waals surface area contributed by atoms with Gasteiger partial charge in [-0.05, 0) is 93.9 Å². The van der Waals surface area contributed by atoms with Crippen molar-refractivity contribution in [2.45, 2.75) is 82.7 Å². The molecule has 4 rings (SSSR count). The molecule has 12 heteroatoms. The standard InChI is InChI=1S/C35H48N4O8/c40-32(36-28-9-3-1-4-10-28)44-21-7-23-46-34(42)38-30-17-13-26(14-18-30)25-27-15-19-31(20-16-27)39-35(43)47-24-8-22-45-33(41)37-29-11-5-2-6-12-29/h1-6,9-12,26-27,30-31H,7-8,13-25H2,(H,36,40)(H,37,41)(H,38,42)(H,39,43). The maximum atomic E-state index is 12.2. The molecule has 4 amide bonds. The molecule has 2 fully saturated rings. The molecule has 2 aliphatic carbocycles. The Hall–Kier alpha value is -4.48. The molecule has 2 aromatic carbocycles. The number of anilines is 2. The highest BCUT2D eigenvalue weighted by Gasteiger charge is 2.28. The van der Waals surface area contributed by atoms with Gasteiger partial charge in [0.15, 0.2) is 0 Å². The number of benzene rings is 2. The molecule has 256 valence electrons. The van der Waals surface area contributed by atoms with Gasteiger partial charge in [-0.1, -0.05) is 36.4 Å². The molecule has 0 aliphatic heterocycles. The fraction of sp³-hybridized carbons (Fsp3) is 0.543. The number of carbonyl (C=O) groups excluding carboxylic acids is 4. The third-order valence-corrected chi connectivity index (χ3v) is 8.55. The highest BCUT2D eigenvalue weighted by atomic mass is 16.6. The molecule has 0 bridgehead atoms. The van der Waals surface area contributed by atoms with Crippen molar-refractivity contribution >= 4 is 35.7 Å². The van der Waals surface area contributed by atoms with Crippen molar-refractivity contribution in [3.63, 3.8) is 0 Å². The highest BCUT2D eigenvalue weighted by Crippen LogP contribution is 2.35. The number of hydrogen-bond donors (Lipinski definition) is 4. The van der Waals surface area contributed by atoms with E-state index in [9.17, 15) is 19.2 Å². The number of amides is 4. The number of rotatable bonds is 14. The Morgan fingerprint density at radius 3 is 1.19 bits per heavy atom. The summed E-state index contributed by atoms with van der Waals surface area (Å²) in [6.07, 6.45) is 8.19. The molecule has 0 unspecified atom stereocenters. The molecule has 0 radical (unpaired) electrons. The zero-order valence-electron chi connectivity index (χ0n) is 27.0. The van der Waals surface area contributed by atoms with E-state index >= 15 is 0 Å². The summed E-state index contributed by atoms with van der Waals surface area (Å²) >= 11 is 0. The zero-order chi connectivity index (χ0) is 33.1. The molecular formula is C35H48N4O8. The van der Waals surface area contributed by atoms with Gasteiger partial charge in [0, 0.05) is 36.3 Å². The summed E-state index contributed by atoms with van der Waals surface area (Å²) in [7, 11) is 0. The number of nitrogens with one attached hydrogen (secondary N) is 4. The summed E-state index contributed by atoms with van der Waals surface area (Å²) < 4.78 is 20.8. The van der Waals surface area contributed by atoms with Gasteiger partial charge in [0.05, 0.1) is 26.4 Å². The Kier molecular flexibility index (Phi) is 15.0. The van der Waals surface area contributed by atoms with Gasteiger partial charge in [0.25, 0.3) is 0 Å². The Morgan fingerprint density at radius 1 is 0.489 bits per heavy atom. The predicted molar refractivity (Wildman–Crippen MR) is 177 cm³/mol. The zero-order valence-corrected chi connectivity index (χ0v) is 27.0. The minimum Gasteiger partial charge on any atom is -0.449 e. The van der Waals surface area contributed by atoms with E-state index in [4.69, 9.17) is 18.9 Å². The number of ether oxygens (including phenoxy) is 4. The molecule has 0 spiro atoms. The molecule has 2 aliphatic rings. The first-order chi connectivity index (χ1) is 22.9. The lowest BCUT2D eigenvalue weighted by Gasteiger charge is -2.34. The van der Waals surface area contributed by atoms with Crippen LogP contribution in [0.5, 0.6) is 0 Å². The van der Waals surface area contributed by atoms with Crippen molar-refractivity contribution in [3.05, 3.63) is 60.7 Å². The molecule has 0 atom stereocenters. The fourth-order valence-corrected chi connectivity index (χ4v) is 6.10. The molecule has 4 N–H and O–H groups in total. The quantitative estimate of drug-likeness (QED) is 0.123. The molecule has 0 heterocycles. The van der Waals surface area contributed by atoms with Gasteiger partial charge >= 0.3 is 24.4 Å². The second-order valence-electron chi connectivity index (χ2n) is 12.2. The van der Waals surface area contributed by atoms with Gasteiger partial charge in [0.1, 0.15) is 0 Å². The largest absolute Gasteiger partial charge is 0.449 e. The van der Waals surface area contributed by atoms with E-state index in [2.05, 4.69) is 21.3 Å². The minimum atomic E-state index is -0.537. The first-order valence-corrected chi connectivity index (χ1v) is 16.8. The van der Waals surface area contributed by atoms with Gasteiger partial charge in [0.2, 0.25) is 0 Å². The van der Waals surface area contributed by atoms with Gasteiger partial charge in [-0.3, -0.25) is 10.6 Å². The summed E-state index contributed by atoms with van der Waals surface area (Å²) in [6, 6.07) is 18.3. The summed E-state index contributed by atoms with van der Waals surface area (Å²) in [5.74, 6) is 1.31. The van der Waals surface area contributed by atoms with Crippen LogP contribution in [0.15, 0.2) is 60.7 Å². The molecule has 47 heavy (non-hydrogen) atoms. The Morgan fingerprint density at radius 2 is 0.830 bits per heavy atom. The Labute approximate surface area is 276 Å². The maximum absolute atomic E-state index is 12.2. The molecule has 0 aromatic heterocycles. The van der Waals surface area contributed by atoms with E-state index in [-0.39, 0.29) is 38.5 Å². The van der Waals surface area contributed by atoms with E-state index in [0.717, 1.165) is 51.4 Å². The average molecular weight is 653 g/mol. The molecular weight excluding hydrogens is 604 g/mol. The van der Waals surface area contributed by atoms with E-state index < -0.39 is 24.4 Å². The van der Waals surface area contributed by atoms with E-state index in [0.29, 0.717) is 36.1 Å². The van der Waals surface area contributed by atoms with Crippen molar-refractivity contribution in [1.82, 2.24) is 10.6 Å². The maximum Gasteiger partial charge on any atom is 0.411 e. The molecule has 12 nitrogen and oxygen atoms in total. The number of carbonyl (C=O) groups is 4. The first-order valence-electron chi connectivity index (χ1n) is 16.8. The topological polar surface area (TPSA) is 153 Å². The lowest BCUT2D eigenvalue weighted by Crippen LogP contribution is -2.39. The monoisotopic (exact) mass is 652 g/mol. The lowest BCUT2D eigenvalue weighted by molar-refractivity contribution is 0.118. The second-order valence-corrected chi connectivity index (χ2v) is 12.2. The third-order valence-electron chi connectivity index (χ3n) is 8.55. The van der Waals surface area contributed by atoms with E-state index in [1.54, 1.807) is 24.3 Å². The van der Waals surface area contributed by atoms with Crippen LogP contribution in [-0.4, -0.2) is 62.9 Å². The van der Waals surface area contributed by atoms with Crippen LogP contribution < -0.4 is 21.3 Å². The van der Waals surface area contributed by atoms with Gasteiger partial charge in [-0.2, -0.15) is 0 Å². The van der Waals surface area contributed by atoms with Crippen molar-refractivity contribution in [1.29, 1.82) is 0 Å². The average Bonchev–Trinajstić information content (AvgIpc) is 3.07. The van der Waals surface area contributed by atoms with Crippen LogP contribution in [0.4, 0.5) is 30.6 Å². The normalized spacial score (nSPS) is 20.6. The number of hydrogen-bond acceptors (Lipinski definition) is 8. The van der Waals surface area contributed by atoms with Crippen LogP contribution in [0.1, 0.15) is 70.6 Å². The number of alkyl carbamates (subject to hydrolysis) is 2. The molecule has 0 saturated heterocycles. The van der Waals surface area contributed by atoms with E-state index in [1.807, 2.05) is 36.4 Å². The van der Waals surface area contributed by atoms with Crippen LogP contribution in [0.2, 0.25) is 0 Å². The smallest absolute Gasteiger partial charge is 0.411 e. The minimum absolute atomic E-state index is 0.121. The number of para-hydroxylation sites is 2. The third kappa shape index (κ3) is 14.2. The lowest BCUT2D eigenvalue weighted by atomic mass is 9.76. The Bertz CT molecular complexity index is 1140. The van der Waals surface area contributed by atoms with Crippen molar-refractivity contribution in [3.8, 4) is 0 Å². The predicted octanol–water partition coefficient (Wildman–Crippen LogP) is 7.22. The summed E-state index contributed by atoms with van der Waals surface area (Å²) in [5.41, 5.74) is 1.32. The van der Waals surface area contributed by atoms with Crippen LogP contribution >= 0.6 is 0 Å². The second kappa shape index (κ2) is 19.9. The van der Waals surface area contributed by atoms with Crippen LogP contribution in [0.25, 0.3) is 0 Å². The summed E-state index contributed by atoms with van der Waals surface area (Å²) in [5, 5.41) is 11.2. The fourth-order valence-electron chi connectivity index (χ4n) is 6.10. The Balaban J connectivity index is 0.959. The van der Waals surface area contributed by atoms with Crippen molar-refractivity contribution in [2.24, 2.45) is 11.8 Å². The first kappa shape index (κ1) is 35.4. The van der Waals surface area contributed by atoms with Gasteiger partial charge in [-0.25, -0.2) is 19.2 Å². The highest BCUT2D eigenvalue weighted by molar-refractivity contribution is 5.85. The van der Waals surface area contributed by atoms with Gasteiger partial charge in [-0.15, -0.1) is 0 Å². The van der Waals surface area contributed by atoms with E-state index in [1.165, 1.54) is 6.42 Å². The summed E-state index contributed by atoms with van der Waals surface area (Å²) in [4.78, 5) is 48.0. The van der Waals surface area contributed by atoms with Crippen LogP contribution in [0, 0.1) is 11.8 Å². The molecule has 2 saturated carbocycles. The van der Waals surface area contributed by atoms with Crippen molar-refractivity contribution in [2.75, 3.05) is 37.1 Å². The van der Waals surface area contributed by atoms with Crippen molar-refractivity contribution < 1.29 is 38.1 Å². The van der Waals surface area contributed by atoms with Crippen LogP contribution in [0.3, 0.4) is 0 Å². The summed E-state index contributed by atoms with van der Waals surface area (Å²) in [6.45, 7) is 0.681. The van der Waals surface area contributed by atoms with Crippen LogP contribution in [-0.2, 0) is 18.9 Å².